The fourth-order valence-electron chi connectivity index (χ4n) is 4.13. The molecule has 29 heavy (non-hydrogen) atoms. The van der Waals surface area contributed by atoms with Crippen LogP contribution in [0.3, 0.4) is 0 Å². The minimum absolute atomic E-state index is 0.0372. The van der Waals surface area contributed by atoms with E-state index in [0.717, 1.165) is 30.5 Å². The first-order chi connectivity index (χ1) is 14.0. The van der Waals surface area contributed by atoms with Crippen molar-refractivity contribution in [2.75, 3.05) is 24.6 Å². The Labute approximate surface area is 172 Å². The molecule has 0 saturated carbocycles. The fraction of sp³-hybridized carbons (Fsp3) is 0.409. The summed E-state index contributed by atoms with van der Waals surface area (Å²) in [5.74, 6) is 0.516. The number of carbonyl (C=O) groups is 1. The molecule has 0 N–H and O–H groups in total. The van der Waals surface area contributed by atoms with Crippen LogP contribution < -0.4 is 9.64 Å². The second-order valence-corrected chi connectivity index (χ2v) is 9.61. The van der Waals surface area contributed by atoms with Gasteiger partial charge in [0.15, 0.2) is 6.61 Å². The Morgan fingerprint density at radius 1 is 1.07 bits per heavy atom. The van der Waals surface area contributed by atoms with Crippen LogP contribution in [0.25, 0.3) is 0 Å². The molecule has 0 aromatic heterocycles. The van der Waals surface area contributed by atoms with E-state index >= 15 is 0 Å². The predicted molar refractivity (Wildman–Crippen MR) is 112 cm³/mol. The van der Waals surface area contributed by atoms with E-state index in [0.29, 0.717) is 30.2 Å². The third-order valence-electron chi connectivity index (χ3n) is 5.59. The Morgan fingerprint density at radius 3 is 2.52 bits per heavy atom. The highest BCUT2D eigenvalue weighted by molar-refractivity contribution is 7.89. The molecule has 6 nitrogen and oxygen atoms in total. The van der Waals surface area contributed by atoms with E-state index in [1.54, 1.807) is 27.4 Å². The van der Waals surface area contributed by atoms with Crippen LogP contribution in [0.2, 0.25) is 0 Å². The minimum atomic E-state index is -3.48. The highest BCUT2D eigenvalue weighted by atomic mass is 32.2. The van der Waals surface area contributed by atoms with E-state index in [9.17, 15) is 13.2 Å². The standard InChI is InChI=1S/C22H26N2O4S/c1-17-14-18-15-20(29(26,27)23-12-6-3-7-13-23)10-11-21(18)24(17)22(25)16-28-19-8-4-2-5-9-19/h2,4-5,8-11,15,17H,3,6-7,12-14,16H2,1H3. The largest absolute Gasteiger partial charge is 0.484 e. The number of hydrogen-bond donors (Lipinski definition) is 0. The van der Waals surface area contributed by atoms with Gasteiger partial charge in [0, 0.05) is 24.8 Å². The normalized spacial score (nSPS) is 19.8. The fourth-order valence-corrected chi connectivity index (χ4v) is 5.70. The third kappa shape index (κ3) is 4.02. The molecule has 0 spiro atoms. The van der Waals surface area contributed by atoms with E-state index in [4.69, 9.17) is 4.74 Å². The Kier molecular flexibility index (Phi) is 5.61. The quantitative estimate of drug-likeness (QED) is 0.754. The van der Waals surface area contributed by atoms with Crippen molar-refractivity contribution >= 4 is 21.6 Å². The van der Waals surface area contributed by atoms with Gasteiger partial charge in [0.1, 0.15) is 5.75 Å². The van der Waals surface area contributed by atoms with Crippen molar-refractivity contribution in [3.05, 3.63) is 54.1 Å². The molecule has 2 aliphatic rings. The number of anilines is 1. The van der Waals surface area contributed by atoms with Crippen LogP contribution in [0.1, 0.15) is 31.7 Å². The van der Waals surface area contributed by atoms with Gasteiger partial charge in [0.2, 0.25) is 10.0 Å². The summed E-state index contributed by atoms with van der Waals surface area (Å²) in [5, 5.41) is 0. The summed E-state index contributed by atoms with van der Waals surface area (Å²) in [5.41, 5.74) is 1.67. The molecule has 154 valence electrons. The molecule has 1 fully saturated rings. The lowest BCUT2D eigenvalue weighted by Crippen LogP contribution is -2.39. The smallest absolute Gasteiger partial charge is 0.265 e. The minimum Gasteiger partial charge on any atom is -0.484 e. The SMILES string of the molecule is CC1Cc2cc(S(=O)(=O)N3CCCCC3)ccc2N1C(=O)COc1ccccc1. The lowest BCUT2D eigenvalue weighted by molar-refractivity contribution is -0.120. The van der Waals surface area contributed by atoms with E-state index in [2.05, 4.69) is 0 Å². The van der Waals surface area contributed by atoms with Gasteiger partial charge in [0.25, 0.3) is 5.91 Å². The molecule has 0 bridgehead atoms. The van der Waals surface area contributed by atoms with Crippen LogP contribution in [0, 0.1) is 0 Å². The monoisotopic (exact) mass is 414 g/mol. The van der Waals surface area contributed by atoms with Gasteiger partial charge in [0.05, 0.1) is 4.90 Å². The van der Waals surface area contributed by atoms with E-state index in [1.807, 2.05) is 37.3 Å². The molecule has 1 unspecified atom stereocenters. The molecular weight excluding hydrogens is 388 g/mol. The maximum atomic E-state index is 13.0. The molecule has 2 aromatic rings. The van der Waals surface area contributed by atoms with Crippen molar-refractivity contribution in [1.82, 2.24) is 4.31 Å². The highest BCUT2D eigenvalue weighted by Crippen LogP contribution is 2.35. The first-order valence-electron chi connectivity index (χ1n) is 10.1. The number of fused-ring (bicyclic) bond motifs is 1. The molecule has 1 amide bonds. The van der Waals surface area contributed by atoms with Crippen molar-refractivity contribution < 1.29 is 17.9 Å². The number of sulfonamides is 1. The summed E-state index contributed by atoms with van der Waals surface area (Å²) in [6, 6.07) is 14.3. The summed E-state index contributed by atoms with van der Waals surface area (Å²) >= 11 is 0. The first-order valence-corrected chi connectivity index (χ1v) is 11.5. The Balaban J connectivity index is 1.52. The lowest BCUT2D eigenvalue weighted by Gasteiger charge is -2.26. The molecule has 2 heterocycles. The zero-order valence-electron chi connectivity index (χ0n) is 16.6. The molecular formula is C22H26N2O4S. The number of benzene rings is 2. The molecule has 2 aromatic carbocycles. The number of hydrogen-bond acceptors (Lipinski definition) is 4. The van der Waals surface area contributed by atoms with Crippen molar-refractivity contribution in [3.63, 3.8) is 0 Å². The Hall–Kier alpha value is -2.38. The van der Waals surface area contributed by atoms with Crippen LogP contribution in [-0.2, 0) is 21.2 Å². The van der Waals surface area contributed by atoms with Gasteiger partial charge < -0.3 is 9.64 Å². The summed E-state index contributed by atoms with van der Waals surface area (Å²) in [6.07, 6.45) is 3.53. The van der Waals surface area contributed by atoms with Gasteiger partial charge in [-0.2, -0.15) is 4.31 Å². The maximum Gasteiger partial charge on any atom is 0.265 e. The van der Waals surface area contributed by atoms with Gasteiger partial charge in [-0.25, -0.2) is 8.42 Å². The Morgan fingerprint density at radius 2 is 1.79 bits per heavy atom. The van der Waals surface area contributed by atoms with E-state index in [1.165, 1.54) is 0 Å². The summed E-state index contributed by atoms with van der Waals surface area (Å²) in [7, 11) is -3.48. The number of nitrogens with zero attached hydrogens (tertiary/aromatic N) is 2. The van der Waals surface area contributed by atoms with E-state index < -0.39 is 10.0 Å². The summed E-state index contributed by atoms with van der Waals surface area (Å²) in [4.78, 5) is 14.8. The van der Waals surface area contributed by atoms with Crippen molar-refractivity contribution in [2.24, 2.45) is 0 Å². The number of piperidine rings is 1. The van der Waals surface area contributed by atoms with Gasteiger partial charge in [-0.05, 0) is 62.1 Å². The van der Waals surface area contributed by atoms with E-state index in [-0.39, 0.29) is 18.6 Å². The van der Waals surface area contributed by atoms with Gasteiger partial charge in [-0.3, -0.25) is 4.79 Å². The molecule has 7 heteroatoms. The molecule has 1 saturated heterocycles. The number of rotatable bonds is 5. The molecule has 1 atom stereocenters. The van der Waals surface area contributed by atoms with Crippen molar-refractivity contribution in [1.29, 1.82) is 0 Å². The Bertz CT molecular complexity index is 985. The van der Waals surface area contributed by atoms with Crippen LogP contribution in [0.15, 0.2) is 53.4 Å². The van der Waals surface area contributed by atoms with Crippen molar-refractivity contribution in [3.8, 4) is 5.75 Å². The summed E-state index contributed by atoms with van der Waals surface area (Å²) in [6.45, 7) is 3.08. The van der Waals surface area contributed by atoms with Gasteiger partial charge in [-0.1, -0.05) is 24.6 Å². The van der Waals surface area contributed by atoms with Gasteiger partial charge in [-0.15, -0.1) is 0 Å². The zero-order chi connectivity index (χ0) is 20.4. The average Bonchev–Trinajstić information content (AvgIpc) is 3.08. The molecule has 2 aliphatic heterocycles. The second-order valence-electron chi connectivity index (χ2n) is 7.67. The second kappa shape index (κ2) is 8.16. The predicted octanol–water partition coefficient (Wildman–Crippen LogP) is 3.22. The molecule has 0 radical (unpaired) electrons. The van der Waals surface area contributed by atoms with Crippen LogP contribution in [-0.4, -0.2) is 44.4 Å². The maximum absolute atomic E-state index is 13.0. The first kappa shape index (κ1) is 19.9. The number of carbonyl (C=O) groups excluding carboxylic acids is 1. The number of ether oxygens (including phenoxy) is 1. The highest BCUT2D eigenvalue weighted by Gasteiger charge is 2.33. The zero-order valence-corrected chi connectivity index (χ0v) is 17.4. The summed E-state index contributed by atoms with van der Waals surface area (Å²) < 4.78 is 33.1. The van der Waals surface area contributed by atoms with Crippen LogP contribution in [0.5, 0.6) is 5.75 Å². The number of amides is 1. The van der Waals surface area contributed by atoms with Crippen LogP contribution >= 0.6 is 0 Å². The number of para-hydroxylation sites is 1. The molecule has 0 aliphatic carbocycles. The van der Waals surface area contributed by atoms with Crippen LogP contribution in [0.4, 0.5) is 5.69 Å². The average molecular weight is 415 g/mol. The van der Waals surface area contributed by atoms with Crippen molar-refractivity contribution in [2.45, 2.75) is 43.5 Å². The third-order valence-corrected chi connectivity index (χ3v) is 7.49. The topological polar surface area (TPSA) is 66.9 Å². The molecule has 4 rings (SSSR count). The lowest BCUT2D eigenvalue weighted by atomic mass is 10.1. The van der Waals surface area contributed by atoms with Gasteiger partial charge >= 0.3 is 0 Å².